The number of hydrogen-bond donors (Lipinski definition) is 1. The number of benzene rings is 3. The highest BCUT2D eigenvalue weighted by molar-refractivity contribution is 6.09. The van der Waals surface area contributed by atoms with Crippen molar-refractivity contribution in [1.29, 1.82) is 0 Å². The molecule has 28 heavy (non-hydrogen) atoms. The van der Waals surface area contributed by atoms with Crippen LogP contribution in [0, 0.1) is 0 Å². The Morgan fingerprint density at radius 1 is 0.893 bits per heavy atom. The van der Waals surface area contributed by atoms with Gasteiger partial charge in [0.25, 0.3) is 0 Å². The largest absolute Gasteiger partial charge is 0.455 e. The van der Waals surface area contributed by atoms with Gasteiger partial charge in [0.15, 0.2) is 0 Å². The summed E-state index contributed by atoms with van der Waals surface area (Å²) in [5, 5.41) is 6.04. The van der Waals surface area contributed by atoms with E-state index in [4.69, 9.17) is 4.42 Å². The van der Waals surface area contributed by atoms with Gasteiger partial charge in [0.05, 0.1) is 6.04 Å². The van der Waals surface area contributed by atoms with Crippen LogP contribution in [-0.2, 0) is 6.42 Å². The molecule has 0 saturated heterocycles. The molecule has 2 aliphatic rings. The van der Waals surface area contributed by atoms with Gasteiger partial charge in [-0.15, -0.1) is 0 Å². The Kier molecular flexibility index (Phi) is 3.30. The van der Waals surface area contributed by atoms with Crippen LogP contribution in [0.5, 0.6) is 0 Å². The minimum atomic E-state index is 0.336. The molecule has 4 aromatic rings. The van der Waals surface area contributed by atoms with E-state index in [1.165, 1.54) is 38.7 Å². The van der Waals surface area contributed by atoms with Crippen molar-refractivity contribution in [3.63, 3.8) is 0 Å². The van der Waals surface area contributed by atoms with Crippen LogP contribution in [0.1, 0.15) is 29.5 Å². The maximum atomic E-state index is 6.45. The first-order valence-electron chi connectivity index (χ1n) is 10.0. The van der Waals surface area contributed by atoms with Crippen LogP contribution in [-0.4, -0.2) is 6.04 Å². The second-order valence-electron chi connectivity index (χ2n) is 7.70. The Labute approximate surface area is 164 Å². The minimum Gasteiger partial charge on any atom is -0.455 e. The number of aryl methyl sites for hydroxylation is 1. The van der Waals surface area contributed by atoms with Crippen LogP contribution in [0.4, 0.5) is 5.69 Å². The predicted octanol–water partition coefficient (Wildman–Crippen LogP) is 6.68. The fourth-order valence-electron chi connectivity index (χ4n) is 4.76. The van der Waals surface area contributed by atoms with Gasteiger partial charge < -0.3 is 9.73 Å². The van der Waals surface area contributed by atoms with Crippen molar-refractivity contribution in [1.82, 2.24) is 0 Å². The zero-order valence-electron chi connectivity index (χ0n) is 15.8. The number of para-hydroxylation sites is 3. The molecule has 0 spiro atoms. The number of furan rings is 1. The minimum absolute atomic E-state index is 0.336. The van der Waals surface area contributed by atoms with Gasteiger partial charge in [-0.2, -0.15) is 0 Å². The van der Waals surface area contributed by atoms with E-state index >= 15 is 0 Å². The zero-order valence-corrected chi connectivity index (χ0v) is 15.8. The first-order chi connectivity index (χ1) is 13.8. The normalized spacial score (nSPS) is 20.1. The molecule has 2 unspecified atom stereocenters. The molecule has 2 atom stereocenters. The molecule has 0 amide bonds. The van der Waals surface area contributed by atoms with E-state index in [1.54, 1.807) is 0 Å². The average molecular weight is 363 g/mol. The van der Waals surface area contributed by atoms with E-state index in [-0.39, 0.29) is 0 Å². The number of fused-ring (bicyclic) bond motifs is 6. The molecular weight excluding hydrogens is 342 g/mol. The molecule has 0 radical (unpaired) electrons. The summed E-state index contributed by atoms with van der Waals surface area (Å²) >= 11 is 0. The Balaban J connectivity index is 1.55. The lowest BCUT2D eigenvalue weighted by atomic mass is 9.86. The van der Waals surface area contributed by atoms with Crippen LogP contribution in [0.15, 0.2) is 83.3 Å². The van der Waals surface area contributed by atoms with Crippen LogP contribution < -0.4 is 5.32 Å². The molecule has 2 nitrogen and oxygen atoms in total. The number of rotatable bonds is 2. The van der Waals surface area contributed by atoms with Crippen molar-refractivity contribution in [3.8, 4) is 0 Å². The SMILES string of the molecule is CCc1cccc2c1oc1c(C3=CC4c5ccccc5NC4C=C3)cccc12. The quantitative estimate of drug-likeness (QED) is 0.430. The molecule has 2 heterocycles. The second kappa shape index (κ2) is 5.87. The van der Waals surface area contributed by atoms with Gasteiger partial charge in [-0.25, -0.2) is 0 Å². The van der Waals surface area contributed by atoms with Crippen molar-refractivity contribution < 1.29 is 4.42 Å². The zero-order chi connectivity index (χ0) is 18.7. The van der Waals surface area contributed by atoms with Crippen molar-refractivity contribution in [2.75, 3.05) is 5.32 Å². The van der Waals surface area contributed by atoms with Gasteiger partial charge in [0.2, 0.25) is 0 Å². The van der Waals surface area contributed by atoms with E-state index < -0.39 is 0 Å². The molecule has 1 aliphatic carbocycles. The first-order valence-corrected chi connectivity index (χ1v) is 10.0. The molecule has 2 heteroatoms. The molecule has 1 aromatic heterocycles. The third-order valence-electron chi connectivity index (χ3n) is 6.17. The molecule has 3 aromatic carbocycles. The van der Waals surface area contributed by atoms with Crippen LogP contribution in [0.25, 0.3) is 27.5 Å². The van der Waals surface area contributed by atoms with E-state index in [2.05, 4.69) is 91.1 Å². The standard InChI is InChI=1S/C26H21NO/c1-2-16-7-5-10-20-21-11-6-9-18(26(21)28-25(16)20)17-13-14-24-22(15-17)19-8-3-4-12-23(19)27-24/h3-15,22,24,27H,2H2,1H3. The van der Waals surface area contributed by atoms with Crippen LogP contribution >= 0.6 is 0 Å². The number of anilines is 1. The molecule has 6 rings (SSSR count). The Morgan fingerprint density at radius 2 is 1.71 bits per heavy atom. The van der Waals surface area contributed by atoms with E-state index in [1.807, 2.05) is 0 Å². The van der Waals surface area contributed by atoms with Crippen LogP contribution in [0.2, 0.25) is 0 Å². The lowest BCUT2D eigenvalue weighted by molar-refractivity contribution is 0.662. The average Bonchev–Trinajstić information content (AvgIpc) is 3.31. The maximum Gasteiger partial charge on any atom is 0.143 e. The van der Waals surface area contributed by atoms with E-state index in [9.17, 15) is 0 Å². The van der Waals surface area contributed by atoms with Gasteiger partial charge in [0, 0.05) is 27.9 Å². The van der Waals surface area contributed by atoms with Gasteiger partial charge in [-0.1, -0.05) is 79.7 Å². The van der Waals surface area contributed by atoms with Crippen LogP contribution in [0.3, 0.4) is 0 Å². The number of nitrogens with one attached hydrogen (secondary N) is 1. The molecule has 0 bridgehead atoms. The van der Waals surface area contributed by atoms with Crippen molar-refractivity contribution in [2.45, 2.75) is 25.3 Å². The summed E-state index contributed by atoms with van der Waals surface area (Å²) in [6, 6.07) is 21.9. The van der Waals surface area contributed by atoms with Gasteiger partial charge in [0.1, 0.15) is 11.2 Å². The maximum absolute atomic E-state index is 6.45. The molecule has 136 valence electrons. The number of allylic oxidation sites excluding steroid dienone is 2. The summed E-state index contributed by atoms with van der Waals surface area (Å²) in [5.41, 5.74) is 8.32. The molecule has 0 saturated carbocycles. The summed E-state index contributed by atoms with van der Waals surface area (Å²) in [4.78, 5) is 0. The third kappa shape index (κ3) is 2.15. The number of hydrogen-bond acceptors (Lipinski definition) is 2. The van der Waals surface area contributed by atoms with Gasteiger partial charge in [-0.3, -0.25) is 0 Å². The van der Waals surface area contributed by atoms with Gasteiger partial charge >= 0.3 is 0 Å². The fraction of sp³-hybridized carbons (Fsp3) is 0.154. The topological polar surface area (TPSA) is 25.2 Å². The molecule has 0 fully saturated rings. The molecular formula is C26H21NO. The Morgan fingerprint density at radius 3 is 2.61 bits per heavy atom. The molecule has 1 N–H and O–H groups in total. The smallest absolute Gasteiger partial charge is 0.143 e. The second-order valence-corrected chi connectivity index (χ2v) is 7.70. The monoisotopic (exact) mass is 363 g/mol. The van der Waals surface area contributed by atoms with E-state index in [0.717, 1.165) is 17.6 Å². The third-order valence-corrected chi connectivity index (χ3v) is 6.17. The van der Waals surface area contributed by atoms with Crippen molar-refractivity contribution in [3.05, 3.63) is 95.6 Å². The predicted molar refractivity (Wildman–Crippen MR) is 117 cm³/mol. The summed E-state index contributed by atoms with van der Waals surface area (Å²) in [6.45, 7) is 2.18. The highest BCUT2D eigenvalue weighted by Crippen LogP contribution is 2.43. The summed E-state index contributed by atoms with van der Waals surface area (Å²) in [7, 11) is 0. The van der Waals surface area contributed by atoms with Crippen molar-refractivity contribution >= 4 is 33.2 Å². The highest BCUT2D eigenvalue weighted by Gasteiger charge is 2.31. The summed E-state index contributed by atoms with van der Waals surface area (Å²) in [6.07, 6.45) is 7.90. The summed E-state index contributed by atoms with van der Waals surface area (Å²) in [5.74, 6) is 0.363. The molecule has 1 aliphatic heterocycles. The van der Waals surface area contributed by atoms with Gasteiger partial charge in [-0.05, 0) is 29.2 Å². The fourth-order valence-corrected chi connectivity index (χ4v) is 4.76. The lowest BCUT2D eigenvalue weighted by Crippen LogP contribution is -2.18. The highest BCUT2D eigenvalue weighted by atomic mass is 16.3. The first kappa shape index (κ1) is 15.8. The van der Waals surface area contributed by atoms with Crippen molar-refractivity contribution in [2.24, 2.45) is 0 Å². The Hall–Kier alpha value is -3.26. The Bertz CT molecular complexity index is 1290. The van der Waals surface area contributed by atoms with E-state index in [0.29, 0.717) is 12.0 Å². The summed E-state index contributed by atoms with van der Waals surface area (Å²) < 4.78 is 6.45. The lowest BCUT2D eigenvalue weighted by Gasteiger charge is -2.20.